The Balaban J connectivity index is 1.66. The molecule has 2 N–H and O–H groups in total. The summed E-state index contributed by atoms with van der Waals surface area (Å²) in [5.74, 6) is -0.372. The monoisotopic (exact) mass is 458 g/mol. The average molecular weight is 459 g/mol. The molecule has 0 saturated carbocycles. The molecule has 1 aromatic carbocycles. The van der Waals surface area contributed by atoms with Gasteiger partial charge in [0.05, 0.1) is 36.9 Å². The summed E-state index contributed by atoms with van der Waals surface area (Å²) in [7, 11) is 0. The summed E-state index contributed by atoms with van der Waals surface area (Å²) in [6.07, 6.45) is 0.0238. The van der Waals surface area contributed by atoms with Gasteiger partial charge >= 0.3 is 18.0 Å². The molecule has 1 aliphatic heterocycles. The third kappa shape index (κ3) is 5.88. The molecule has 2 heterocycles. The summed E-state index contributed by atoms with van der Waals surface area (Å²) < 4.78 is 16.2. The fraction of sp³-hybridized carbons (Fsp3) is 0.348. The number of benzene rings is 1. The van der Waals surface area contributed by atoms with Crippen molar-refractivity contribution in [2.24, 2.45) is 0 Å². The van der Waals surface area contributed by atoms with Crippen LogP contribution in [0.4, 0.5) is 4.79 Å². The number of aryl methyl sites for hydroxylation is 2. The lowest BCUT2D eigenvalue weighted by molar-refractivity contribution is -0.144. The molecule has 0 aliphatic carbocycles. The number of hydrogen-bond donors (Lipinski definition) is 2. The Morgan fingerprint density at radius 2 is 1.97 bits per heavy atom. The van der Waals surface area contributed by atoms with Crippen molar-refractivity contribution in [3.05, 3.63) is 63.0 Å². The highest BCUT2D eigenvalue weighted by atomic mass is 32.1. The molecule has 1 unspecified atom stereocenters. The van der Waals surface area contributed by atoms with Crippen molar-refractivity contribution in [2.75, 3.05) is 19.8 Å². The molecular formula is C23H26N2O6S. The number of rotatable bonds is 9. The first kappa shape index (κ1) is 23.3. The second kappa shape index (κ2) is 10.8. The van der Waals surface area contributed by atoms with E-state index in [4.69, 9.17) is 14.2 Å². The minimum absolute atomic E-state index is 0.0238. The first-order valence-electron chi connectivity index (χ1n) is 10.3. The lowest BCUT2D eigenvalue weighted by atomic mass is 10.0. The Morgan fingerprint density at radius 1 is 1.16 bits per heavy atom. The van der Waals surface area contributed by atoms with E-state index in [2.05, 4.69) is 10.6 Å². The molecule has 1 aromatic heterocycles. The average Bonchev–Trinajstić information content (AvgIpc) is 3.29. The van der Waals surface area contributed by atoms with Crippen LogP contribution in [0.2, 0.25) is 0 Å². The summed E-state index contributed by atoms with van der Waals surface area (Å²) in [6, 6.07) is 8.33. The largest absolute Gasteiger partial charge is 0.493 e. The molecule has 0 bridgehead atoms. The first-order valence-corrected chi connectivity index (χ1v) is 11.1. The number of esters is 2. The van der Waals surface area contributed by atoms with E-state index in [9.17, 15) is 14.4 Å². The van der Waals surface area contributed by atoms with E-state index in [1.165, 1.54) is 11.3 Å². The van der Waals surface area contributed by atoms with Gasteiger partial charge in [0.15, 0.2) is 0 Å². The molecule has 1 atom stereocenters. The van der Waals surface area contributed by atoms with Gasteiger partial charge in [-0.05, 0) is 49.4 Å². The normalized spacial score (nSPS) is 15.6. The predicted octanol–water partition coefficient (Wildman–Crippen LogP) is 3.55. The van der Waals surface area contributed by atoms with Gasteiger partial charge in [0, 0.05) is 4.88 Å². The molecule has 0 spiro atoms. The molecule has 3 rings (SSSR count). The number of urea groups is 1. The van der Waals surface area contributed by atoms with Crippen LogP contribution in [0.3, 0.4) is 0 Å². The topological polar surface area (TPSA) is 103 Å². The van der Waals surface area contributed by atoms with E-state index in [0.717, 1.165) is 21.8 Å². The van der Waals surface area contributed by atoms with Crippen molar-refractivity contribution in [1.29, 1.82) is 0 Å². The predicted molar refractivity (Wildman–Crippen MR) is 119 cm³/mol. The van der Waals surface area contributed by atoms with Crippen LogP contribution in [0.25, 0.3) is 0 Å². The van der Waals surface area contributed by atoms with Crippen LogP contribution < -0.4 is 15.4 Å². The number of hydrogen-bond acceptors (Lipinski definition) is 7. The molecule has 2 amide bonds. The fourth-order valence-corrected chi connectivity index (χ4v) is 3.97. The van der Waals surface area contributed by atoms with Crippen LogP contribution in [0.1, 0.15) is 35.4 Å². The van der Waals surface area contributed by atoms with Gasteiger partial charge in [0.25, 0.3) is 0 Å². The van der Waals surface area contributed by atoms with Crippen LogP contribution in [-0.2, 0) is 19.1 Å². The van der Waals surface area contributed by atoms with E-state index in [1.54, 1.807) is 6.92 Å². The van der Waals surface area contributed by atoms with Crippen LogP contribution in [0, 0.1) is 13.8 Å². The van der Waals surface area contributed by atoms with E-state index in [0.29, 0.717) is 0 Å². The van der Waals surface area contributed by atoms with Gasteiger partial charge in [-0.2, -0.15) is 0 Å². The molecule has 32 heavy (non-hydrogen) atoms. The molecule has 1 aliphatic rings. The molecule has 0 saturated heterocycles. The molecule has 2 aromatic rings. The molecule has 170 valence electrons. The molecular weight excluding hydrogens is 432 g/mol. The zero-order valence-corrected chi connectivity index (χ0v) is 19.0. The van der Waals surface area contributed by atoms with Gasteiger partial charge in [-0.25, -0.2) is 9.59 Å². The maximum Gasteiger partial charge on any atom is 0.338 e. The van der Waals surface area contributed by atoms with E-state index >= 15 is 0 Å². The first-order chi connectivity index (χ1) is 15.4. The second-order valence-electron chi connectivity index (χ2n) is 7.19. The minimum Gasteiger partial charge on any atom is -0.493 e. The molecule has 9 heteroatoms. The second-order valence-corrected chi connectivity index (χ2v) is 8.17. The number of nitrogens with one attached hydrogen (secondary N) is 2. The van der Waals surface area contributed by atoms with Crippen LogP contribution >= 0.6 is 11.3 Å². The van der Waals surface area contributed by atoms with E-state index in [-0.39, 0.29) is 37.5 Å². The quantitative estimate of drug-likeness (QED) is 0.557. The SMILES string of the molecule is CCOC(=O)C1=C(COC(=O)CCOc2cc(C)ccc2C)NC(=O)NC1c1cccs1. The lowest BCUT2D eigenvalue weighted by Crippen LogP contribution is -2.46. The Kier molecular flexibility index (Phi) is 7.88. The van der Waals surface area contributed by atoms with Gasteiger partial charge in [-0.3, -0.25) is 4.79 Å². The number of carbonyl (C=O) groups is 3. The zero-order valence-electron chi connectivity index (χ0n) is 18.2. The minimum atomic E-state index is -0.677. The molecule has 0 fully saturated rings. The lowest BCUT2D eigenvalue weighted by Gasteiger charge is -2.28. The third-order valence-electron chi connectivity index (χ3n) is 4.76. The Bertz CT molecular complexity index is 1020. The van der Waals surface area contributed by atoms with Gasteiger partial charge in [-0.15, -0.1) is 11.3 Å². The number of carbonyl (C=O) groups excluding carboxylic acids is 3. The Hall–Kier alpha value is -3.33. The smallest absolute Gasteiger partial charge is 0.338 e. The third-order valence-corrected chi connectivity index (χ3v) is 5.70. The maximum absolute atomic E-state index is 12.6. The van der Waals surface area contributed by atoms with Gasteiger partial charge in [-0.1, -0.05) is 18.2 Å². The number of amides is 2. The van der Waals surface area contributed by atoms with Crippen LogP contribution in [0.15, 0.2) is 47.0 Å². The Morgan fingerprint density at radius 3 is 2.69 bits per heavy atom. The summed E-state index contributed by atoms with van der Waals surface area (Å²) in [6.45, 7) is 5.66. The highest BCUT2D eigenvalue weighted by Crippen LogP contribution is 2.30. The van der Waals surface area contributed by atoms with Crippen molar-refractivity contribution < 1.29 is 28.6 Å². The van der Waals surface area contributed by atoms with Crippen LogP contribution in [-0.4, -0.2) is 37.8 Å². The van der Waals surface area contributed by atoms with Crippen molar-refractivity contribution in [3.8, 4) is 5.75 Å². The van der Waals surface area contributed by atoms with Crippen LogP contribution in [0.5, 0.6) is 5.75 Å². The van der Waals surface area contributed by atoms with Gasteiger partial charge in [0.1, 0.15) is 12.4 Å². The molecule has 0 radical (unpaired) electrons. The Labute approximate surface area is 190 Å². The van der Waals surface area contributed by atoms with Crippen molar-refractivity contribution >= 4 is 29.3 Å². The zero-order chi connectivity index (χ0) is 23.1. The highest BCUT2D eigenvalue weighted by Gasteiger charge is 2.34. The number of thiophene rings is 1. The van der Waals surface area contributed by atoms with Crippen molar-refractivity contribution in [3.63, 3.8) is 0 Å². The standard InChI is InChI=1S/C23H26N2O6S/c1-4-29-22(27)20-16(24-23(28)25-21(20)18-6-5-11-32-18)13-31-19(26)9-10-30-17-12-14(2)7-8-15(17)3/h5-8,11-12,21H,4,9-10,13H2,1-3H3,(H2,24,25,28). The summed E-state index contributed by atoms with van der Waals surface area (Å²) in [5, 5.41) is 7.15. The van der Waals surface area contributed by atoms with Gasteiger partial charge < -0.3 is 24.8 Å². The molecule has 8 nitrogen and oxygen atoms in total. The van der Waals surface area contributed by atoms with Crippen molar-refractivity contribution in [1.82, 2.24) is 10.6 Å². The highest BCUT2D eigenvalue weighted by molar-refractivity contribution is 7.10. The van der Waals surface area contributed by atoms with E-state index < -0.39 is 24.0 Å². The van der Waals surface area contributed by atoms with Crippen molar-refractivity contribution in [2.45, 2.75) is 33.2 Å². The summed E-state index contributed by atoms with van der Waals surface area (Å²) in [4.78, 5) is 37.8. The summed E-state index contributed by atoms with van der Waals surface area (Å²) >= 11 is 1.40. The number of ether oxygens (including phenoxy) is 3. The van der Waals surface area contributed by atoms with Gasteiger partial charge in [0.2, 0.25) is 0 Å². The fourth-order valence-electron chi connectivity index (χ4n) is 3.18. The maximum atomic E-state index is 12.6. The summed E-state index contributed by atoms with van der Waals surface area (Å²) in [5.41, 5.74) is 2.46. The van der Waals surface area contributed by atoms with E-state index in [1.807, 2.05) is 49.6 Å².